The van der Waals surface area contributed by atoms with Gasteiger partial charge >= 0.3 is 6.18 Å². The van der Waals surface area contributed by atoms with Crippen LogP contribution in [-0.2, 0) is 9.59 Å². The van der Waals surface area contributed by atoms with Crippen molar-refractivity contribution in [3.63, 3.8) is 0 Å². The van der Waals surface area contributed by atoms with Crippen LogP contribution < -0.4 is 21.3 Å². The summed E-state index contributed by atoms with van der Waals surface area (Å²) in [5.74, 6) is -1.28. The number of benzene rings is 1. The van der Waals surface area contributed by atoms with E-state index in [2.05, 4.69) is 21.3 Å². The molecule has 0 bridgehead atoms. The van der Waals surface area contributed by atoms with Gasteiger partial charge in [-0.25, -0.2) is 0 Å². The fourth-order valence-electron chi connectivity index (χ4n) is 2.78. The molecule has 1 aliphatic heterocycles. The zero-order valence-corrected chi connectivity index (χ0v) is 15.7. The third-order valence-electron chi connectivity index (χ3n) is 4.37. The number of carbonyl (C=O) groups excluding carboxylic acids is 2. The predicted octanol–water partition coefficient (Wildman–Crippen LogP) is 1.80. The van der Waals surface area contributed by atoms with E-state index in [1.54, 1.807) is 30.3 Å². The molecule has 0 saturated carbocycles. The maximum atomic E-state index is 13.0. The van der Waals surface area contributed by atoms with Crippen molar-refractivity contribution in [3.05, 3.63) is 42.1 Å². The summed E-state index contributed by atoms with van der Waals surface area (Å²) in [5.41, 5.74) is -2.12. The topological polar surface area (TPSA) is 106 Å². The number of para-hydroxylation sites is 1. The first kappa shape index (κ1) is 22.4. The van der Waals surface area contributed by atoms with Gasteiger partial charge in [0.25, 0.3) is 5.91 Å². The molecule has 10 heteroatoms. The molecule has 1 aromatic carbocycles. The minimum absolute atomic E-state index is 0.0522. The zero-order valence-electron chi connectivity index (χ0n) is 15.7. The number of halogens is 3. The van der Waals surface area contributed by atoms with Crippen LogP contribution in [0.3, 0.4) is 0 Å². The lowest BCUT2D eigenvalue weighted by Crippen LogP contribution is -2.42. The Hall–Kier alpha value is -2.88. The lowest BCUT2D eigenvalue weighted by Gasteiger charge is -2.21. The van der Waals surface area contributed by atoms with E-state index in [4.69, 9.17) is 5.41 Å². The van der Waals surface area contributed by atoms with Gasteiger partial charge in [-0.2, -0.15) is 13.2 Å². The number of carbonyl (C=O) groups is 2. The van der Waals surface area contributed by atoms with E-state index in [0.717, 1.165) is 32.1 Å². The fourth-order valence-corrected chi connectivity index (χ4v) is 2.78. The predicted molar refractivity (Wildman–Crippen MR) is 104 cm³/mol. The molecule has 1 saturated heterocycles. The van der Waals surface area contributed by atoms with Gasteiger partial charge in [0.2, 0.25) is 5.91 Å². The highest BCUT2D eigenvalue weighted by atomic mass is 19.4. The van der Waals surface area contributed by atoms with Crippen LogP contribution >= 0.6 is 0 Å². The Labute approximate surface area is 166 Å². The van der Waals surface area contributed by atoms with E-state index in [1.807, 2.05) is 0 Å². The SMILES string of the molecule is N=C(/C(=C\Nc1ccccc1)C(=O)NCCNC(=O)C1CCNCC1)C(F)(F)F. The van der Waals surface area contributed by atoms with Crippen LogP contribution in [0.15, 0.2) is 42.1 Å². The fraction of sp³-hybridized carbons (Fsp3) is 0.421. The summed E-state index contributed by atoms with van der Waals surface area (Å²) in [6, 6.07) is 8.31. The Morgan fingerprint density at radius 1 is 1.10 bits per heavy atom. The average Bonchev–Trinajstić information content (AvgIpc) is 2.71. The van der Waals surface area contributed by atoms with Crippen molar-refractivity contribution in [2.75, 3.05) is 31.5 Å². The monoisotopic (exact) mass is 411 g/mol. The first-order chi connectivity index (χ1) is 13.8. The van der Waals surface area contributed by atoms with Gasteiger partial charge in [0.05, 0.1) is 5.57 Å². The van der Waals surface area contributed by atoms with E-state index in [9.17, 15) is 22.8 Å². The number of rotatable bonds is 8. The summed E-state index contributed by atoms with van der Waals surface area (Å²) >= 11 is 0. The standard InChI is InChI=1S/C19H24F3N5O2/c20-19(21,22)16(23)15(12-27-14-4-2-1-3-5-14)18(29)26-11-10-25-17(28)13-6-8-24-9-7-13/h1-5,12-13,23-24,27H,6-11H2,(H,25,28)(H,26,29)/b15-12+,23-16?. The second kappa shape index (κ2) is 10.6. The molecular weight excluding hydrogens is 387 g/mol. The van der Waals surface area contributed by atoms with Gasteiger partial charge in [0.1, 0.15) is 5.71 Å². The van der Waals surface area contributed by atoms with Crippen molar-refractivity contribution < 1.29 is 22.8 Å². The van der Waals surface area contributed by atoms with E-state index >= 15 is 0 Å². The molecule has 2 amide bonds. The molecule has 7 nitrogen and oxygen atoms in total. The van der Waals surface area contributed by atoms with Crippen molar-refractivity contribution in [3.8, 4) is 0 Å². The second-order valence-electron chi connectivity index (χ2n) is 6.51. The highest BCUT2D eigenvalue weighted by Crippen LogP contribution is 2.21. The van der Waals surface area contributed by atoms with Gasteiger partial charge in [-0.05, 0) is 38.1 Å². The molecule has 0 unspecified atom stereocenters. The van der Waals surface area contributed by atoms with Gasteiger partial charge in [-0.1, -0.05) is 18.2 Å². The lowest BCUT2D eigenvalue weighted by atomic mass is 9.97. The maximum absolute atomic E-state index is 13.0. The highest BCUT2D eigenvalue weighted by Gasteiger charge is 2.39. The molecule has 0 spiro atoms. The molecule has 5 N–H and O–H groups in total. The number of hydrogen-bond acceptors (Lipinski definition) is 5. The number of alkyl halides is 3. The quantitative estimate of drug-likeness (QED) is 0.256. The Morgan fingerprint density at radius 3 is 2.34 bits per heavy atom. The third kappa shape index (κ3) is 7.22. The molecular formula is C19H24F3N5O2. The van der Waals surface area contributed by atoms with Crippen molar-refractivity contribution in [2.24, 2.45) is 5.92 Å². The summed E-state index contributed by atoms with van der Waals surface area (Å²) in [6.45, 7) is 1.56. The summed E-state index contributed by atoms with van der Waals surface area (Å²) in [6.07, 6.45) is -2.67. The van der Waals surface area contributed by atoms with Crippen LogP contribution in [0, 0.1) is 11.3 Å². The van der Waals surface area contributed by atoms with Crippen LogP contribution in [-0.4, -0.2) is 49.9 Å². The Kier molecular flexibility index (Phi) is 8.20. The van der Waals surface area contributed by atoms with Crippen molar-refractivity contribution in [2.45, 2.75) is 19.0 Å². The van der Waals surface area contributed by atoms with Gasteiger partial charge < -0.3 is 21.3 Å². The molecule has 0 aromatic heterocycles. The molecule has 0 aliphatic carbocycles. The largest absolute Gasteiger partial charge is 0.433 e. The molecule has 29 heavy (non-hydrogen) atoms. The van der Waals surface area contributed by atoms with E-state index < -0.39 is 23.4 Å². The van der Waals surface area contributed by atoms with Crippen LogP contribution in [0.4, 0.5) is 18.9 Å². The van der Waals surface area contributed by atoms with Gasteiger partial charge in [0, 0.05) is 30.9 Å². The van der Waals surface area contributed by atoms with Crippen molar-refractivity contribution in [1.29, 1.82) is 5.41 Å². The number of hydrogen-bond donors (Lipinski definition) is 5. The van der Waals surface area contributed by atoms with Gasteiger partial charge in [-0.3, -0.25) is 15.0 Å². The summed E-state index contributed by atoms with van der Waals surface area (Å²) in [4.78, 5) is 24.2. The highest BCUT2D eigenvalue weighted by molar-refractivity contribution is 6.22. The number of piperidine rings is 1. The lowest BCUT2D eigenvalue weighted by molar-refractivity contribution is -0.126. The van der Waals surface area contributed by atoms with Crippen molar-refractivity contribution >= 4 is 23.2 Å². The molecule has 158 valence electrons. The minimum Gasteiger partial charge on any atom is -0.361 e. The Balaban J connectivity index is 1.91. The summed E-state index contributed by atoms with van der Waals surface area (Å²) in [7, 11) is 0. The van der Waals surface area contributed by atoms with Gasteiger partial charge in [0.15, 0.2) is 0 Å². The number of anilines is 1. The molecule has 1 fully saturated rings. The third-order valence-corrected chi connectivity index (χ3v) is 4.37. The van der Waals surface area contributed by atoms with Crippen LogP contribution in [0.25, 0.3) is 0 Å². The Bertz CT molecular complexity index is 744. The zero-order chi connectivity index (χ0) is 21.3. The summed E-state index contributed by atoms with van der Waals surface area (Å²) < 4.78 is 38.9. The van der Waals surface area contributed by atoms with Crippen LogP contribution in [0.1, 0.15) is 12.8 Å². The molecule has 1 aromatic rings. The Morgan fingerprint density at radius 2 is 1.72 bits per heavy atom. The maximum Gasteiger partial charge on any atom is 0.433 e. The first-order valence-electron chi connectivity index (χ1n) is 9.23. The van der Waals surface area contributed by atoms with E-state index in [1.165, 1.54) is 0 Å². The molecule has 2 rings (SSSR count). The molecule has 0 atom stereocenters. The van der Waals surface area contributed by atoms with Crippen LogP contribution in [0.5, 0.6) is 0 Å². The van der Waals surface area contributed by atoms with E-state index in [0.29, 0.717) is 5.69 Å². The normalized spacial score (nSPS) is 15.5. The summed E-state index contributed by atoms with van der Waals surface area (Å²) in [5, 5.41) is 18.0. The van der Waals surface area contributed by atoms with Crippen molar-refractivity contribution in [1.82, 2.24) is 16.0 Å². The van der Waals surface area contributed by atoms with Gasteiger partial charge in [-0.15, -0.1) is 0 Å². The van der Waals surface area contributed by atoms with Crippen LogP contribution in [0.2, 0.25) is 0 Å². The number of amides is 2. The molecule has 1 heterocycles. The molecule has 1 aliphatic rings. The average molecular weight is 411 g/mol. The second-order valence-corrected chi connectivity index (χ2v) is 6.51. The number of nitrogens with one attached hydrogen (secondary N) is 5. The van der Waals surface area contributed by atoms with E-state index in [-0.39, 0.29) is 24.9 Å². The molecule has 0 radical (unpaired) electrons. The first-order valence-corrected chi connectivity index (χ1v) is 9.23. The smallest absolute Gasteiger partial charge is 0.361 e. The minimum atomic E-state index is -4.97.